The molecular weight excluding hydrogens is 222 g/mol. The number of carbonyl (C=O) groups excluding carboxylic acids is 1. The first-order valence-electron chi connectivity index (χ1n) is 3.22. The second-order valence-electron chi connectivity index (χ2n) is 2.24. The summed E-state index contributed by atoms with van der Waals surface area (Å²) in [5.41, 5.74) is 0.984. The predicted octanol–water partition coefficient (Wildman–Crippen LogP) is 2.43. The standard InChI is InChI=1S/C8H6BrNO2/c1-5-6(9)2-3-7(12)8(5)10-4-11/h2-3,12H,1H3. The lowest BCUT2D eigenvalue weighted by molar-refractivity contribution is 0.476. The van der Waals surface area contributed by atoms with Gasteiger partial charge in [-0.25, -0.2) is 4.79 Å². The highest BCUT2D eigenvalue weighted by atomic mass is 79.9. The molecule has 0 unspecified atom stereocenters. The Balaban J connectivity index is 3.42. The highest BCUT2D eigenvalue weighted by Gasteiger charge is 2.05. The van der Waals surface area contributed by atoms with Gasteiger partial charge in [-0.2, -0.15) is 4.99 Å². The van der Waals surface area contributed by atoms with Crippen molar-refractivity contribution in [2.75, 3.05) is 0 Å². The minimum Gasteiger partial charge on any atom is -0.506 e. The third kappa shape index (κ3) is 1.55. The molecular formula is C8H6BrNO2. The molecule has 1 aromatic carbocycles. The predicted molar refractivity (Wildman–Crippen MR) is 48.3 cm³/mol. The van der Waals surface area contributed by atoms with Gasteiger partial charge in [0.1, 0.15) is 11.4 Å². The molecule has 1 rings (SSSR count). The van der Waals surface area contributed by atoms with E-state index >= 15 is 0 Å². The Hall–Kier alpha value is -1.12. The molecule has 0 amide bonds. The summed E-state index contributed by atoms with van der Waals surface area (Å²) in [6.45, 7) is 1.75. The monoisotopic (exact) mass is 227 g/mol. The van der Waals surface area contributed by atoms with E-state index in [0.717, 1.165) is 10.0 Å². The Morgan fingerprint density at radius 2 is 2.25 bits per heavy atom. The molecule has 0 saturated carbocycles. The third-order valence-electron chi connectivity index (χ3n) is 1.50. The van der Waals surface area contributed by atoms with Crippen LogP contribution in [0.3, 0.4) is 0 Å². The van der Waals surface area contributed by atoms with E-state index in [1.807, 2.05) is 0 Å². The smallest absolute Gasteiger partial charge is 0.240 e. The van der Waals surface area contributed by atoms with Crippen molar-refractivity contribution in [3.8, 4) is 5.75 Å². The van der Waals surface area contributed by atoms with E-state index in [1.165, 1.54) is 12.1 Å². The fourth-order valence-corrected chi connectivity index (χ4v) is 1.17. The number of isocyanates is 1. The first kappa shape index (κ1) is 8.97. The van der Waals surface area contributed by atoms with Crippen LogP contribution < -0.4 is 0 Å². The minimum absolute atomic E-state index is 0.0148. The van der Waals surface area contributed by atoms with Crippen LogP contribution in [0.25, 0.3) is 0 Å². The van der Waals surface area contributed by atoms with Crippen molar-refractivity contribution >= 4 is 27.7 Å². The molecule has 0 aliphatic rings. The van der Waals surface area contributed by atoms with Crippen molar-refractivity contribution in [3.05, 3.63) is 22.2 Å². The normalized spacial score (nSPS) is 9.17. The zero-order valence-corrected chi connectivity index (χ0v) is 7.92. The Bertz CT molecular complexity index is 356. The fourth-order valence-electron chi connectivity index (χ4n) is 0.848. The molecule has 3 nitrogen and oxygen atoms in total. The maximum Gasteiger partial charge on any atom is 0.240 e. The number of phenols is 1. The molecule has 0 aliphatic carbocycles. The van der Waals surface area contributed by atoms with Gasteiger partial charge in [0.2, 0.25) is 6.08 Å². The van der Waals surface area contributed by atoms with Crippen LogP contribution in [0.1, 0.15) is 5.56 Å². The van der Waals surface area contributed by atoms with Gasteiger partial charge < -0.3 is 5.11 Å². The van der Waals surface area contributed by atoms with Gasteiger partial charge in [-0.15, -0.1) is 0 Å². The van der Waals surface area contributed by atoms with Crippen LogP contribution in [0.15, 0.2) is 21.6 Å². The molecule has 62 valence electrons. The SMILES string of the molecule is Cc1c(Br)ccc(O)c1N=C=O. The topological polar surface area (TPSA) is 49.7 Å². The summed E-state index contributed by atoms with van der Waals surface area (Å²) in [6, 6.07) is 3.15. The number of aliphatic imine (C=N–C) groups is 1. The summed E-state index contributed by atoms with van der Waals surface area (Å²) in [7, 11) is 0. The molecule has 0 saturated heterocycles. The van der Waals surface area contributed by atoms with Crippen LogP contribution in [-0.4, -0.2) is 11.2 Å². The first-order chi connectivity index (χ1) is 5.66. The summed E-state index contributed by atoms with van der Waals surface area (Å²) in [5.74, 6) is -0.0148. The molecule has 0 spiro atoms. The molecule has 0 heterocycles. The lowest BCUT2D eigenvalue weighted by Gasteiger charge is -2.02. The van der Waals surface area contributed by atoms with Crippen LogP contribution in [-0.2, 0) is 4.79 Å². The molecule has 0 aromatic heterocycles. The zero-order valence-electron chi connectivity index (χ0n) is 6.34. The van der Waals surface area contributed by atoms with Crippen molar-refractivity contribution in [2.45, 2.75) is 6.92 Å². The second kappa shape index (κ2) is 3.52. The van der Waals surface area contributed by atoms with Crippen molar-refractivity contribution < 1.29 is 9.90 Å². The number of benzene rings is 1. The molecule has 12 heavy (non-hydrogen) atoms. The summed E-state index contributed by atoms with van der Waals surface area (Å²) in [5, 5.41) is 9.25. The maximum atomic E-state index is 9.97. The van der Waals surface area contributed by atoms with Crippen molar-refractivity contribution in [2.24, 2.45) is 4.99 Å². The molecule has 0 bridgehead atoms. The molecule has 1 N–H and O–H groups in total. The fraction of sp³-hybridized carbons (Fsp3) is 0.125. The average Bonchev–Trinajstić information content (AvgIpc) is 2.06. The number of rotatable bonds is 1. The highest BCUT2D eigenvalue weighted by Crippen LogP contribution is 2.34. The van der Waals surface area contributed by atoms with Crippen LogP contribution >= 0.6 is 15.9 Å². The van der Waals surface area contributed by atoms with Crippen LogP contribution in [0.4, 0.5) is 5.69 Å². The highest BCUT2D eigenvalue weighted by molar-refractivity contribution is 9.10. The number of hydrogen-bond acceptors (Lipinski definition) is 3. The van der Waals surface area contributed by atoms with Crippen molar-refractivity contribution in [3.63, 3.8) is 0 Å². The maximum absolute atomic E-state index is 9.97. The number of halogens is 1. The molecule has 4 heteroatoms. The third-order valence-corrected chi connectivity index (χ3v) is 2.36. The molecule has 1 aromatic rings. The largest absolute Gasteiger partial charge is 0.506 e. The Labute approximate surface area is 77.9 Å². The second-order valence-corrected chi connectivity index (χ2v) is 3.10. The minimum atomic E-state index is -0.0148. The number of hydrogen-bond donors (Lipinski definition) is 1. The lowest BCUT2D eigenvalue weighted by atomic mass is 10.2. The number of aromatic hydroxyl groups is 1. The van der Waals surface area contributed by atoms with Crippen LogP contribution in [0.5, 0.6) is 5.75 Å². The van der Waals surface area contributed by atoms with Crippen molar-refractivity contribution in [1.29, 1.82) is 0 Å². The number of nitrogens with zero attached hydrogens (tertiary/aromatic N) is 1. The van der Waals surface area contributed by atoms with Gasteiger partial charge in [0, 0.05) is 4.47 Å². The Morgan fingerprint density at radius 1 is 1.58 bits per heavy atom. The molecule has 0 aliphatic heterocycles. The summed E-state index contributed by atoms with van der Waals surface area (Å²) >= 11 is 3.25. The van der Waals surface area contributed by atoms with Crippen molar-refractivity contribution in [1.82, 2.24) is 0 Å². The molecule has 0 radical (unpaired) electrons. The Morgan fingerprint density at radius 3 is 2.83 bits per heavy atom. The summed E-state index contributed by atoms with van der Waals surface area (Å²) < 4.78 is 0.800. The quantitative estimate of drug-likeness (QED) is 0.592. The molecule has 0 atom stereocenters. The lowest BCUT2D eigenvalue weighted by Crippen LogP contribution is -1.77. The van der Waals surface area contributed by atoms with Crippen LogP contribution in [0, 0.1) is 6.92 Å². The van der Waals surface area contributed by atoms with Gasteiger partial charge in [-0.3, -0.25) is 0 Å². The van der Waals surface area contributed by atoms with Gasteiger partial charge >= 0.3 is 0 Å². The van der Waals surface area contributed by atoms with E-state index in [0.29, 0.717) is 0 Å². The van der Waals surface area contributed by atoms with Gasteiger partial charge in [0.15, 0.2) is 0 Å². The van der Waals surface area contributed by atoms with Gasteiger partial charge in [0.25, 0.3) is 0 Å². The summed E-state index contributed by atoms with van der Waals surface area (Å²) in [4.78, 5) is 13.4. The van der Waals surface area contributed by atoms with E-state index in [9.17, 15) is 9.90 Å². The first-order valence-corrected chi connectivity index (χ1v) is 4.02. The van der Waals surface area contributed by atoms with Gasteiger partial charge in [0.05, 0.1) is 0 Å². The van der Waals surface area contributed by atoms with E-state index in [1.54, 1.807) is 13.0 Å². The van der Waals surface area contributed by atoms with Gasteiger partial charge in [-0.1, -0.05) is 15.9 Å². The van der Waals surface area contributed by atoms with E-state index in [-0.39, 0.29) is 11.4 Å². The number of phenolic OH excluding ortho intramolecular Hbond substituents is 1. The van der Waals surface area contributed by atoms with E-state index in [4.69, 9.17) is 0 Å². The van der Waals surface area contributed by atoms with Gasteiger partial charge in [-0.05, 0) is 24.6 Å². The van der Waals surface area contributed by atoms with E-state index < -0.39 is 0 Å². The summed E-state index contributed by atoms with van der Waals surface area (Å²) in [6.07, 6.45) is 1.39. The van der Waals surface area contributed by atoms with E-state index in [2.05, 4.69) is 20.9 Å². The average molecular weight is 228 g/mol. The zero-order chi connectivity index (χ0) is 9.14. The molecule has 0 fully saturated rings. The van der Waals surface area contributed by atoms with Crippen LogP contribution in [0.2, 0.25) is 0 Å². The Kier molecular flexibility index (Phi) is 2.63.